The number of anilines is 1. The maximum Gasteiger partial charge on any atom is 0.387 e. The summed E-state index contributed by atoms with van der Waals surface area (Å²) >= 11 is 0. The molecule has 1 aromatic carbocycles. The van der Waals surface area contributed by atoms with E-state index in [0.29, 0.717) is 5.69 Å². The highest BCUT2D eigenvalue weighted by molar-refractivity contribution is 5.70. The van der Waals surface area contributed by atoms with Crippen LogP contribution in [0.2, 0.25) is 0 Å². The average molecular weight is 245 g/mol. The van der Waals surface area contributed by atoms with Crippen molar-refractivity contribution in [3.8, 4) is 5.75 Å². The molecular weight excluding hydrogens is 232 g/mol. The molecule has 0 aliphatic rings. The van der Waals surface area contributed by atoms with E-state index in [2.05, 4.69) is 10.1 Å². The molecule has 4 nitrogen and oxygen atoms in total. The molecule has 0 saturated heterocycles. The summed E-state index contributed by atoms with van der Waals surface area (Å²) in [7, 11) is 0. The number of hydrogen-bond donors (Lipinski definition) is 2. The third-order valence-corrected chi connectivity index (χ3v) is 2.12. The predicted molar refractivity (Wildman–Crippen MR) is 58.4 cm³/mol. The van der Waals surface area contributed by atoms with E-state index >= 15 is 0 Å². The molecule has 0 aromatic heterocycles. The first-order valence-corrected chi connectivity index (χ1v) is 5.01. The zero-order valence-electron chi connectivity index (χ0n) is 9.19. The van der Waals surface area contributed by atoms with Crippen molar-refractivity contribution in [2.45, 2.75) is 13.5 Å². The molecule has 2 N–H and O–H groups in total. The smallest absolute Gasteiger partial charge is 0.387 e. The SMILES string of the molecule is CC(CNc1ccccc1OC(F)F)C(=O)O. The monoisotopic (exact) mass is 245 g/mol. The minimum atomic E-state index is -2.91. The van der Waals surface area contributed by atoms with Gasteiger partial charge in [0.05, 0.1) is 11.6 Å². The van der Waals surface area contributed by atoms with Crippen LogP contribution in [0, 0.1) is 5.92 Å². The lowest BCUT2D eigenvalue weighted by Crippen LogP contribution is -2.20. The molecule has 0 heterocycles. The maximum absolute atomic E-state index is 12.1. The van der Waals surface area contributed by atoms with Crippen LogP contribution in [0.4, 0.5) is 14.5 Å². The van der Waals surface area contributed by atoms with Crippen LogP contribution in [0.15, 0.2) is 24.3 Å². The topological polar surface area (TPSA) is 58.6 Å². The van der Waals surface area contributed by atoms with Crippen molar-refractivity contribution >= 4 is 11.7 Å². The second kappa shape index (κ2) is 6.03. The Hall–Kier alpha value is -1.85. The van der Waals surface area contributed by atoms with Gasteiger partial charge in [-0.1, -0.05) is 19.1 Å². The number of para-hydroxylation sites is 2. The Morgan fingerprint density at radius 1 is 1.47 bits per heavy atom. The van der Waals surface area contributed by atoms with Crippen LogP contribution in [-0.2, 0) is 4.79 Å². The normalized spacial score (nSPS) is 12.2. The molecule has 0 radical (unpaired) electrons. The second-order valence-corrected chi connectivity index (χ2v) is 3.49. The van der Waals surface area contributed by atoms with E-state index in [-0.39, 0.29) is 12.3 Å². The zero-order chi connectivity index (χ0) is 12.8. The fourth-order valence-electron chi connectivity index (χ4n) is 1.16. The number of hydrogen-bond acceptors (Lipinski definition) is 3. The minimum absolute atomic E-state index is 0.0000822. The van der Waals surface area contributed by atoms with Crippen molar-refractivity contribution in [3.63, 3.8) is 0 Å². The predicted octanol–water partition coefficient (Wildman–Crippen LogP) is 2.42. The fourth-order valence-corrected chi connectivity index (χ4v) is 1.16. The fraction of sp³-hybridized carbons (Fsp3) is 0.364. The van der Waals surface area contributed by atoms with Gasteiger partial charge in [-0.15, -0.1) is 0 Å². The van der Waals surface area contributed by atoms with Crippen molar-refractivity contribution in [1.29, 1.82) is 0 Å². The number of halogens is 2. The molecule has 0 spiro atoms. The molecule has 17 heavy (non-hydrogen) atoms. The first kappa shape index (κ1) is 13.2. The molecule has 6 heteroatoms. The molecule has 0 aliphatic heterocycles. The largest absolute Gasteiger partial charge is 0.481 e. The summed E-state index contributed by atoms with van der Waals surface area (Å²) in [6.07, 6.45) is 0. The third-order valence-electron chi connectivity index (χ3n) is 2.12. The van der Waals surface area contributed by atoms with Gasteiger partial charge in [0.2, 0.25) is 0 Å². The molecule has 0 aliphatic carbocycles. The summed E-state index contributed by atoms with van der Waals surface area (Å²) in [5, 5.41) is 11.4. The molecule has 0 bridgehead atoms. The summed E-state index contributed by atoms with van der Waals surface area (Å²) in [5.74, 6) is -1.57. The Labute approximate surface area is 97.2 Å². The molecule has 1 atom stereocenters. The minimum Gasteiger partial charge on any atom is -0.481 e. The average Bonchev–Trinajstić information content (AvgIpc) is 2.26. The first-order chi connectivity index (χ1) is 8.00. The molecule has 94 valence electrons. The van der Waals surface area contributed by atoms with E-state index in [1.54, 1.807) is 18.2 Å². The highest BCUT2D eigenvalue weighted by atomic mass is 19.3. The van der Waals surface area contributed by atoms with Gasteiger partial charge in [-0.25, -0.2) is 0 Å². The lowest BCUT2D eigenvalue weighted by Gasteiger charge is -2.13. The van der Waals surface area contributed by atoms with E-state index in [0.717, 1.165) is 0 Å². The lowest BCUT2D eigenvalue weighted by atomic mass is 10.2. The number of ether oxygens (including phenoxy) is 1. The number of rotatable bonds is 6. The molecular formula is C11H13F2NO3. The van der Waals surface area contributed by atoms with Gasteiger partial charge in [-0.2, -0.15) is 8.78 Å². The van der Waals surface area contributed by atoms with Crippen LogP contribution in [0.1, 0.15) is 6.92 Å². The van der Waals surface area contributed by atoms with E-state index < -0.39 is 18.5 Å². The first-order valence-electron chi connectivity index (χ1n) is 5.01. The molecule has 0 fully saturated rings. The Morgan fingerprint density at radius 3 is 2.71 bits per heavy atom. The highest BCUT2D eigenvalue weighted by Crippen LogP contribution is 2.25. The van der Waals surface area contributed by atoms with Crippen LogP contribution >= 0.6 is 0 Å². The van der Waals surface area contributed by atoms with Gasteiger partial charge >= 0.3 is 12.6 Å². The zero-order valence-corrected chi connectivity index (χ0v) is 9.19. The van der Waals surface area contributed by atoms with Crippen LogP contribution < -0.4 is 10.1 Å². The van der Waals surface area contributed by atoms with Gasteiger partial charge in [-0.05, 0) is 12.1 Å². The van der Waals surface area contributed by atoms with Crippen LogP contribution in [-0.4, -0.2) is 24.2 Å². The molecule has 1 unspecified atom stereocenters. The Kier molecular flexibility index (Phi) is 4.68. The number of nitrogens with one attached hydrogen (secondary N) is 1. The van der Waals surface area contributed by atoms with Crippen molar-refractivity contribution in [2.75, 3.05) is 11.9 Å². The molecule has 0 amide bonds. The molecule has 0 saturated carbocycles. The lowest BCUT2D eigenvalue weighted by molar-refractivity contribution is -0.140. The quantitative estimate of drug-likeness (QED) is 0.808. The number of carbonyl (C=O) groups is 1. The summed E-state index contributed by atoms with van der Waals surface area (Å²) in [4.78, 5) is 10.6. The van der Waals surface area contributed by atoms with Gasteiger partial charge in [0.15, 0.2) is 0 Å². The number of carboxylic acid groups (broad SMARTS) is 1. The second-order valence-electron chi connectivity index (χ2n) is 3.49. The Morgan fingerprint density at radius 2 is 2.12 bits per heavy atom. The van der Waals surface area contributed by atoms with Crippen LogP contribution in [0.25, 0.3) is 0 Å². The van der Waals surface area contributed by atoms with Crippen LogP contribution in [0.5, 0.6) is 5.75 Å². The van der Waals surface area contributed by atoms with Gasteiger partial charge in [0.1, 0.15) is 5.75 Å². The van der Waals surface area contributed by atoms with Gasteiger partial charge in [0.25, 0.3) is 0 Å². The summed E-state index contributed by atoms with van der Waals surface area (Å²) in [6.45, 7) is -1.25. The summed E-state index contributed by atoms with van der Waals surface area (Å²) < 4.78 is 28.5. The number of aliphatic carboxylic acids is 1. The number of carboxylic acids is 1. The number of alkyl halides is 2. The molecule has 1 aromatic rings. The van der Waals surface area contributed by atoms with Crippen molar-refractivity contribution < 1.29 is 23.4 Å². The standard InChI is InChI=1S/C11H13F2NO3/c1-7(10(15)16)6-14-8-4-2-3-5-9(8)17-11(12)13/h2-5,7,11,14H,6H2,1H3,(H,15,16). The Balaban J connectivity index is 2.66. The van der Waals surface area contributed by atoms with Crippen molar-refractivity contribution in [2.24, 2.45) is 5.92 Å². The third kappa shape index (κ3) is 4.26. The maximum atomic E-state index is 12.1. The Bertz CT molecular complexity index is 385. The van der Waals surface area contributed by atoms with Gasteiger partial charge < -0.3 is 15.2 Å². The van der Waals surface area contributed by atoms with Gasteiger partial charge in [0, 0.05) is 6.54 Å². The van der Waals surface area contributed by atoms with Gasteiger partial charge in [-0.3, -0.25) is 4.79 Å². The van der Waals surface area contributed by atoms with E-state index in [4.69, 9.17) is 5.11 Å². The van der Waals surface area contributed by atoms with Crippen molar-refractivity contribution in [3.05, 3.63) is 24.3 Å². The highest BCUT2D eigenvalue weighted by Gasteiger charge is 2.13. The summed E-state index contributed by atoms with van der Waals surface area (Å²) in [5.41, 5.74) is 0.348. The summed E-state index contributed by atoms with van der Waals surface area (Å²) in [6, 6.07) is 6.14. The molecule has 1 rings (SSSR count). The van der Waals surface area contributed by atoms with Crippen LogP contribution in [0.3, 0.4) is 0 Å². The van der Waals surface area contributed by atoms with E-state index in [9.17, 15) is 13.6 Å². The van der Waals surface area contributed by atoms with Crippen molar-refractivity contribution in [1.82, 2.24) is 0 Å². The number of benzene rings is 1. The van der Waals surface area contributed by atoms with E-state index in [1.807, 2.05) is 0 Å². The van der Waals surface area contributed by atoms with E-state index in [1.165, 1.54) is 13.0 Å².